The van der Waals surface area contributed by atoms with Crippen LogP contribution in [0, 0.1) is 0 Å². The SMILES string of the molecule is CCSc1cccc(NCCNC(N)=O)c1C(N)=S. The van der Waals surface area contributed by atoms with Crippen LogP contribution in [-0.4, -0.2) is 29.9 Å². The average Bonchev–Trinajstić information content (AvgIpc) is 2.34. The van der Waals surface area contributed by atoms with Gasteiger partial charge in [-0.05, 0) is 17.9 Å². The van der Waals surface area contributed by atoms with E-state index in [1.807, 2.05) is 18.2 Å². The molecule has 0 saturated heterocycles. The molecule has 0 fully saturated rings. The molecular formula is C12H18N4OS2. The number of urea groups is 1. The Morgan fingerprint density at radius 2 is 2.11 bits per heavy atom. The zero-order chi connectivity index (χ0) is 14.3. The summed E-state index contributed by atoms with van der Waals surface area (Å²) in [6.45, 7) is 3.07. The Balaban J connectivity index is 2.78. The van der Waals surface area contributed by atoms with E-state index in [0.717, 1.165) is 21.9 Å². The third-order valence-corrected chi connectivity index (χ3v) is 3.46. The van der Waals surface area contributed by atoms with Crippen LogP contribution < -0.4 is 22.1 Å². The summed E-state index contributed by atoms with van der Waals surface area (Å²) in [5.41, 5.74) is 12.5. The minimum Gasteiger partial charge on any atom is -0.389 e. The molecule has 2 amide bonds. The van der Waals surface area contributed by atoms with E-state index in [9.17, 15) is 4.79 Å². The molecule has 0 aromatic heterocycles. The molecule has 0 bridgehead atoms. The van der Waals surface area contributed by atoms with Crippen LogP contribution in [0.2, 0.25) is 0 Å². The van der Waals surface area contributed by atoms with Crippen molar-refractivity contribution in [2.75, 3.05) is 24.2 Å². The fourth-order valence-electron chi connectivity index (χ4n) is 1.59. The van der Waals surface area contributed by atoms with Gasteiger partial charge >= 0.3 is 6.03 Å². The van der Waals surface area contributed by atoms with E-state index in [0.29, 0.717) is 18.1 Å². The summed E-state index contributed by atoms with van der Waals surface area (Å²) in [6.07, 6.45) is 0. The maximum atomic E-state index is 10.6. The van der Waals surface area contributed by atoms with Gasteiger partial charge in [0.25, 0.3) is 0 Å². The lowest BCUT2D eigenvalue weighted by molar-refractivity contribution is 0.249. The molecule has 104 valence electrons. The zero-order valence-corrected chi connectivity index (χ0v) is 12.4. The number of hydrogen-bond donors (Lipinski definition) is 4. The molecule has 0 spiro atoms. The van der Waals surface area contributed by atoms with Crippen LogP contribution in [0.15, 0.2) is 23.1 Å². The predicted molar refractivity (Wildman–Crippen MR) is 84.8 cm³/mol. The summed E-state index contributed by atoms with van der Waals surface area (Å²) < 4.78 is 0. The summed E-state index contributed by atoms with van der Waals surface area (Å²) >= 11 is 6.80. The van der Waals surface area contributed by atoms with Crippen molar-refractivity contribution in [1.82, 2.24) is 5.32 Å². The highest BCUT2D eigenvalue weighted by atomic mass is 32.2. The van der Waals surface area contributed by atoms with Gasteiger partial charge in [0.05, 0.1) is 0 Å². The quantitative estimate of drug-likeness (QED) is 0.348. The van der Waals surface area contributed by atoms with Crippen LogP contribution in [-0.2, 0) is 0 Å². The smallest absolute Gasteiger partial charge is 0.312 e. The molecule has 5 nitrogen and oxygen atoms in total. The Labute approximate surface area is 122 Å². The largest absolute Gasteiger partial charge is 0.389 e. The van der Waals surface area contributed by atoms with E-state index in [2.05, 4.69) is 17.6 Å². The van der Waals surface area contributed by atoms with E-state index >= 15 is 0 Å². The Morgan fingerprint density at radius 1 is 1.37 bits per heavy atom. The van der Waals surface area contributed by atoms with Gasteiger partial charge in [-0.3, -0.25) is 0 Å². The summed E-state index contributed by atoms with van der Waals surface area (Å²) in [5.74, 6) is 0.947. The lowest BCUT2D eigenvalue weighted by Gasteiger charge is -2.14. The number of carbonyl (C=O) groups excluding carboxylic acids is 1. The normalized spacial score (nSPS) is 9.95. The van der Waals surface area contributed by atoms with E-state index in [-0.39, 0.29) is 0 Å². The number of carbonyl (C=O) groups is 1. The predicted octanol–water partition coefficient (Wildman–Crippen LogP) is 1.51. The summed E-state index contributed by atoms with van der Waals surface area (Å²) in [7, 11) is 0. The highest BCUT2D eigenvalue weighted by molar-refractivity contribution is 7.99. The number of nitrogens with two attached hydrogens (primary N) is 2. The molecule has 0 atom stereocenters. The van der Waals surface area contributed by atoms with Gasteiger partial charge in [0.15, 0.2) is 0 Å². The molecule has 0 aliphatic carbocycles. The summed E-state index contributed by atoms with van der Waals surface area (Å²) in [5, 5.41) is 5.71. The first kappa shape index (κ1) is 15.6. The molecule has 7 heteroatoms. The first-order valence-corrected chi connectivity index (χ1v) is 7.28. The van der Waals surface area contributed by atoms with Gasteiger partial charge in [-0.25, -0.2) is 4.79 Å². The van der Waals surface area contributed by atoms with Gasteiger partial charge in [-0.1, -0.05) is 25.2 Å². The van der Waals surface area contributed by atoms with Crippen LogP contribution in [0.4, 0.5) is 10.5 Å². The van der Waals surface area contributed by atoms with Crippen molar-refractivity contribution in [3.63, 3.8) is 0 Å². The fraction of sp³-hybridized carbons (Fsp3) is 0.333. The van der Waals surface area contributed by atoms with Gasteiger partial charge < -0.3 is 22.1 Å². The standard InChI is InChI=1S/C12H18N4OS2/c1-2-19-9-5-3-4-8(10(9)11(13)18)15-6-7-16-12(14)17/h3-5,15H,2,6-7H2,1H3,(H2,13,18)(H3,14,16,17). The van der Waals surface area contributed by atoms with Crippen molar-refractivity contribution in [3.8, 4) is 0 Å². The van der Waals surface area contributed by atoms with Gasteiger partial charge in [-0.15, -0.1) is 11.8 Å². The molecular weight excluding hydrogens is 280 g/mol. The first-order valence-electron chi connectivity index (χ1n) is 5.89. The van der Waals surface area contributed by atoms with Crippen molar-refractivity contribution >= 4 is 40.7 Å². The molecule has 0 saturated carbocycles. The fourth-order valence-corrected chi connectivity index (χ4v) is 2.73. The van der Waals surface area contributed by atoms with Gasteiger partial charge in [-0.2, -0.15) is 0 Å². The molecule has 0 radical (unpaired) electrons. The molecule has 6 N–H and O–H groups in total. The second-order valence-corrected chi connectivity index (χ2v) is 5.44. The molecule has 0 aliphatic rings. The Hall–Kier alpha value is -1.47. The van der Waals surface area contributed by atoms with Crippen LogP contribution >= 0.6 is 24.0 Å². The first-order chi connectivity index (χ1) is 9.06. The molecule has 0 heterocycles. The Morgan fingerprint density at radius 3 is 2.68 bits per heavy atom. The van der Waals surface area contributed by atoms with Crippen molar-refractivity contribution in [2.24, 2.45) is 11.5 Å². The van der Waals surface area contributed by atoms with Crippen molar-refractivity contribution < 1.29 is 4.79 Å². The second kappa shape index (κ2) is 7.85. The third kappa shape index (κ3) is 4.96. The molecule has 0 unspecified atom stereocenters. The Kier molecular flexibility index (Phi) is 6.44. The van der Waals surface area contributed by atoms with Gasteiger partial charge in [0.1, 0.15) is 4.99 Å². The van der Waals surface area contributed by atoms with E-state index < -0.39 is 6.03 Å². The summed E-state index contributed by atoms with van der Waals surface area (Å²) in [4.78, 5) is 12.0. The van der Waals surface area contributed by atoms with Crippen molar-refractivity contribution in [1.29, 1.82) is 0 Å². The number of amides is 2. The number of thioether (sulfide) groups is 1. The average molecular weight is 298 g/mol. The number of rotatable bonds is 7. The topological polar surface area (TPSA) is 93.2 Å². The van der Waals surface area contributed by atoms with Gasteiger partial charge in [0.2, 0.25) is 0 Å². The minimum absolute atomic E-state index is 0.363. The van der Waals surface area contributed by atoms with Crippen LogP contribution in [0.3, 0.4) is 0 Å². The lowest BCUT2D eigenvalue weighted by atomic mass is 10.1. The number of primary amides is 1. The monoisotopic (exact) mass is 298 g/mol. The van der Waals surface area contributed by atoms with Crippen LogP contribution in [0.1, 0.15) is 12.5 Å². The zero-order valence-electron chi connectivity index (χ0n) is 10.7. The Bertz CT molecular complexity index is 465. The van der Waals surface area contributed by atoms with E-state index in [4.69, 9.17) is 23.7 Å². The maximum Gasteiger partial charge on any atom is 0.312 e. The van der Waals surface area contributed by atoms with Crippen LogP contribution in [0.25, 0.3) is 0 Å². The van der Waals surface area contributed by atoms with Crippen LogP contribution in [0.5, 0.6) is 0 Å². The number of benzene rings is 1. The number of hydrogen-bond acceptors (Lipinski definition) is 4. The molecule has 1 aromatic carbocycles. The van der Waals surface area contributed by atoms with E-state index in [1.165, 1.54) is 0 Å². The summed E-state index contributed by atoms with van der Waals surface area (Å²) in [6, 6.07) is 5.32. The lowest BCUT2D eigenvalue weighted by Crippen LogP contribution is -2.33. The number of nitrogens with one attached hydrogen (secondary N) is 2. The molecule has 19 heavy (non-hydrogen) atoms. The molecule has 1 aromatic rings. The molecule has 0 aliphatic heterocycles. The highest BCUT2D eigenvalue weighted by Gasteiger charge is 2.10. The van der Waals surface area contributed by atoms with Crippen molar-refractivity contribution in [3.05, 3.63) is 23.8 Å². The minimum atomic E-state index is -0.536. The highest BCUT2D eigenvalue weighted by Crippen LogP contribution is 2.28. The van der Waals surface area contributed by atoms with Crippen molar-refractivity contribution in [2.45, 2.75) is 11.8 Å². The van der Waals surface area contributed by atoms with E-state index in [1.54, 1.807) is 11.8 Å². The second-order valence-electron chi connectivity index (χ2n) is 3.69. The van der Waals surface area contributed by atoms with Gasteiger partial charge in [0, 0.05) is 29.2 Å². The maximum absolute atomic E-state index is 10.6. The third-order valence-electron chi connectivity index (χ3n) is 2.31. The molecule has 1 rings (SSSR count). The number of thiocarbonyl (C=S) groups is 1. The number of anilines is 1.